The number of anilines is 2. The van der Waals surface area contributed by atoms with Crippen LogP contribution >= 0.6 is 0 Å². The van der Waals surface area contributed by atoms with E-state index in [0.29, 0.717) is 12.1 Å². The predicted octanol–water partition coefficient (Wildman–Crippen LogP) is 3.78. The lowest BCUT2D eigenvalue weighted by Crippen LogP contribution is -2.15. The molecule has 0 radical (unpaired) electrons. The van der Waals surface area contributed by atoms with Crippen LogP contribution in [0.3, 0.4) is 0 Å². The van der Waals surface area contributed by atoms with E-state index in [2.05, 4.69) is 5.32 Å². The van der Waals surface area contributed by atoms with Gasteiger partial charge in [-0.1, -0.05) is 19.1 Å². The summed E-state index contributed by atoms with van der Waals surface area (Å²) in [5.41, 5.74) is 2.27. The minimum absolute atomic E-state index is 0.247. The van der Waals surface area contributed by atoms with Crippen LogP contribution < -0.4 is 5.32 Å². The molecule has 26 heavy (non-hydrogen) atoms. The standard InChI is InChI=1S/C18H19F2NO4S/c1-12(17(22)25-2)11-13-3-5-14(6-4-13)21-15-7-9-16(10-8-15)26(23,24)18(19)20/h3-10,12,18,21H,11H2,1-2H3. The molecule has 2 aromatic rings. The number of alkyl halides is 2. The van der Waals surface area contributed by atoms with E-state index in [1.807, 2.05) is 24.3 Å². The Morgan fingerprint density at radius 2 is 1.54 bits per heavy atom. The van der Waals surface area contributed by atoms with Crippen LogP contribution in [0.2, 0.25) is 0 Å². The summed E-state index contributed by atoms with van der Waals surface area (Å²) in [6.45, 7) is 1.78. The Kier molecular flexibility index (Phi) is 6.31. The highest BCUT2D eigenvalue weighted by Gasteiger charge is 2.26. The van der Waals surface area contributed by atoms with E-state index in [-0.39, 0.29) is 11.9 Å². The molecule has 0 saturated carbocycles. The Labute approximate surface area is 150 Å². The van der Waals surface area contributed by atoms with Crippen LogP contribution in [0.25, 0.3) is 0 Å². The number of sulfone groups is 1. The maximum absolute atomic E-state index is 12.5. The lowest BCUT2D eigenvalue weighted by Gasteiger charge is -2.11. The first kappa shape index (κ1) is 19.8. The van der Waals surface area contributed by atoms with Crippen molar-refractivity contribution in [2.45, 2.75) is 24.0 Å². The third-order valence-electron chi connectivity index (χ3n) is 3.81. The van der Waals surface area contributed by atoms with Crippen LogP contribution in [0.15, 0.2) is 53.4 Å². The maximum atomic E-state index is 12.5. The monoisotopic (exact) mass is 383 g/mol. The minimum Gasteiger partial charge on any atom is -0.469 e. The van der Waals surface area contributed by atoms with Crippen molar-refractivity contribution in [3.63, 3.8) is 0 Å². The number of nitrogens with one attached hydrogen (secondary N) is 1. The molecule has 0 aromatic heterocycles. The van der Waals surface area contributed by atoms with Crippen molar-refractivity contribution < 1.29 is 26.7 Å². The Balaban J connectivity index is 2.04. The van der Waals surface area contributed by atoms with Crippen molar-refractivity contribution in [1.82, 2.24) is 0 Å². The Morgan fingerprint density at radius 3 is 2.00 bits per heavy atom. The van der Waals surface area contributed by atoms with Crippen LogP contribution in [-0.2, 0) is 25.8 Å². The number of carbonyl (C=O) groups is 1. The zero-order chi connectivity index (χ0) is 19.3. The van der Waals surface area contributed by atoms with E-state index in [1.165, 1.54) is 19.2 Å². The normalized spacial score (nSPS) is 12.7. The molecule has 2 rings (SSSR count). The molecule has 1 unspecified atom stereocenters. The lowest BCUT2D eigenvalue weighted by atomic mass is 10.0. The highest BCUT2D eigenvalue weighted by atomic mass is 32.2. The number of hydrogen-bond acceptors (Lipinski definition) is 5. The molecule has 0 aliphatic carbocycles. The van der Waals surface area contributed by atoms with Crippen LogP contribution in [0, 0.1) is 5.92 Å². The molecule has 2 aromatic carbocycles. The predicted molar refractivity (Wildman–Crippen MR) is 94.2 cm³/mol. The molecular weight excluding hydrogens is 364 g/mol. The van der Waals surface area contributed by atoms with Crippen LogP contribution in [0.5, 0.6) is 0 Å². The number of esters is 1. The van der Waals surface area contributed by atoms with Crippen molar-refractivity contribution in [2.75, 3.05) is 12.4 Å². The van der Waals surface area contributed by atoms with Gasteiger partial charge in [-0.3, -0.25) is 4.79 Å². The van der Waals surface area contributed by atoms with Gasteiger partial charge in [0.1, 0.15) is 0 Å². The van der Waals surface area contributed by atoms with Crippen LogP contribution in [0.1, 0.15) is 12.5 Å². The van der Waals surface area contributed by atoms with Crippen LogP contribution in [0.4, 0.5) is 20.2 Å². The van der Waals surface area contributed by atoms with E-state index in [0.717, 1.165) is 23.4 Å². The average molecular weight is 383 g/mol. The van der Waals surface area contributed by atoms with E-state index < -0.39 is 20.5 Å². The third-order valence-corrected chi connectivity index (χ3v) is 5.20. The fourth-order valence-corrected chi connectivity index (χ4v) is 3.08. The van der Waals surface area contributed by atoms with Gasteiger partial charge in [0, 0.05) is 11.4 Å². The van der Waals surface area contributed by atoms with Crippen LogP contribution in [-0.4, -0.2) is 27.3 Å². The number of ether oxygens (including phenoxy) is 1. The number of halogens is 2. The molecule has 0 heterocycles. The SMILES string of the molecule is COC(=O)C(C)Cc1ccc(Nc2ccc(S(=O)(=O)C(F)F)cc2)cc1. The number of benzene rings is 2. The number of carbonyl (C=O) groups excluding carboxylic acids is 1. The van der Waals surface area contributed by atoms with E-state index in [9.17, 15) is 22.0 Å². The first-order valence-corrected chi connectivity index (χ1v) is 9.34. The second-order valence-electron chi connectivity index (χ2n) is 5.78. The highest BCUT2D eigenvalue weighted by Crippen LogP contribution is 2.23. The molecule has 0 amide bonds. The van der Waals surface area contributed by atoms with Gasteiger partial charge in [0.05, 0.1) is 17.9 Å². The molecule has 8 heteroatoms. The third kappa shape index (κ3) is 4.78. The molecule has 0 fully saturated rings. The second-order valence-corrected chi connectivity index (χ2v) is 7.70. The lowest BCUT2D eigenvalue weighted by molar-refractivity contribution is -0.144. The van der Waals surface area contributed by atoms with Crippen molar-refractivity contribution in [3.8, 4) is 0 Å². The maximum Gasteiger partial charge on any atom is 0.341 e. The zero-order valence-corrected chi connectivity index (χ0v) is 15.1. The average Bonchev–Trinajstić information content (AvgIpc) is 2.63. The fraction of sp³-hybridized carbons (Fsp3) is 0.278. The van der Waals surface area contributed by atoms with Gasteiger partial charge in [-0.25, -0.2) is 8.42 Å². The largest absolute Gasteiger partial charge is 0.469 e. The second kappa shape index (κ2) is 8.27. The van der Waals surface area contributed by atoms with Crippen molar-refractivity contribution in [2.24, 2.45) is 5.92 Å². The molecular formula is C18H19F2NO4S. The molecule has 0 spiro atoms. The molecule has 0 bridgehead atoms. The Hall–Kier alpha value is -2.48. The summed E-state index contributed by atoms with van der Waals surface area (Å²) in [6.07, 6.45) is 0.549. The van der Waals surface area contributed by atoms with Gasteiger partial charge in [-0.05, 0) is 48.4 Å². The summed E-state index contributed by atoms with van der Waals surface area (Å²) in [4.78, 5) is 11.0. The fourth-order valence-electron chi connectivity index (χ4n) is 2.36. The minimum atomic E-state index is -4.59. The molecule has 0 saturated heterocycles. The summed E-state index contributed by atoms with van der Waals surface area (Å²) >= 11 is 0. The molecule has 5 nitrogen and oxygen atoms in total. The van der Waals surface area contributed by atoms with Gasteiger partial charge in [-0.2, -0.15) is 8.78 Å². The molecule has 1 N–H and O–H groups in total. The molecule has 0 aliphatic heterocycles. The first-order valence-electron chi connectivity index (χ1n) is 7.80. The summed E-state index contributed by atoms with van der Waals surface area (Å²) in [7, 11) is -3.24. The van der Waals surface area contributed by atoms with Gasteiger partial charge < -0.3 is 10.1 Å². The van der Waals surface area contributed by atoms with Gasteiger partial charge in [-0.15, -0.1) is 0 Å². The summed E-state index contributed by atoms with van der Waals surface area (Å²) in [6, 6.07) is 12.4. The first-order chi connectivity index (χ1) is 12.2. The Morgan fingerprint density at radius 1 is 1.04 bits per heavy atom. The number of rotatable bonds is 7. The van der Waals surface area contributed by atoms with E-state index >= 15 is 0 Å². The summed E-state index contributed by atoms with van der Waals surface area (Å²) in [5, 5.41) is 3.05. The molecule has 1 atom stereocenters. The number of methoxy groups -OCH3 is 1. The van der Waals surface area contributed by atoms with Crippen molar-refractivity contribution >= 4 is 27.2 Å². The van der Waals surface area contributed by atoms with Gasteiger partial charge in [0.15, 0.2) is 0 Å². The molecule has 0 aliphatic rings. The van der Waals surface area contributed by atoms with Gasteiger partial charge in [0.2, 0.25) is 9.84 Å². The molecule has 140 valence electrons. The topological polar surface area (TPSA) is 72.5 Å². The quantitative estimate of drug-likeness (QED) is 0.737. The number of hydrogen-bond donors (Lipinski definition) is 1. The summed E-state index contributed by atoms with van der Waals surface area (Å²) in [5.74, 6) is -3.96. The van der Waals surface area contributed by atoms with E-state index in [4.69, 9.17) is 4.74 Å². The van der Waals surface area contributed by atoms with Gasteiger partial charge in [0.25, 0.3) is 0 Å². The van der Waals surface area contributed by atoms with E-state index in [1.54, 1.807) is 6.92 Å². The van der Waals surface area contributed by atoms with Crippen molar-refractivity contribution in [1.29, 1.82) is 0 Å². The Bertz CT molecular complexity index is 850. The van der Waals surface area contributed by atoms with Crippen molar-refractivity contribution in [3.05, 3.63) is 54.1 Å². The zero-order valence-electron chi connectivity index (χ0n) is 14.3. The summed E-state index contributed by atoms with van der Waals surface area (Å²) < 4.78 is 52.5. The highest BCUT2D eigenvalue weighted by molar-refractivity contribution is 7.91. The van der Waals surface area contributed by atoms with Gasteiger partial charge >= 0.3 is 11.7 Å². The smallest absolute Gasteiger partial charge is 0.341 e.